The Morgan fingerprint density at radius 2 is 0.788 bits per heavy atom. The molecule has 24 nitrogen and oxygen atoms in total. The number of hydrogen-bond donors (Lipinski definition) is 15. The highest BCUT2D eigenvalue weighted by atomic mass is 16.8. The van der Waals surface area contributed by atoms with Crippen LogP contribution in [0.15, 0.2) is 0 Å². The van der Waals surface area contributed by atoms with Gasteiger partial charge in [0.1, 0.15) is 110 Å². The van der Waals surface area contributed by atoms with E-state index in [4.69, 9.17) is 42.6 Å². The Balaban J connectivity index is 1.34. The molecular weight excluding hydrogens is 720 g/mol. The summed E-state index contributed by atoms with van der Waals surface area (Å²) in [4.78, 5) is 0. The van der Waals surface area contributed by atoms with Crippen LogP contribution in [0.4, 0.5) is 0 Å². The lowest BCUT2D eigenvalue weighted by Gasteiger charge is -2.49. The molecule has 23 atom stereocenters. The van der Waals surface area contributed by atoms with Gasteiger partial charge in [0.15, 0.2) is 31.5 Å². The van der Waals surface area contributed by atoms with E-state index in [9.17, 15) is 76.6 Å². The van der Waals surface area contributed by atoms with Gasteiger partial charge in [-0.2, -0.15) is 0 Å². The SMILES string of the molecule is OC[C@@H]1OC(O[C@H]2[C@@H](O)COC(O[C@@H]3[C@H](OC4O[C@H](CO)[C@H](O)[C@H](OC5O[C@H](CO)[C@H](O)[C@H](O)[C@H]5O)[C@H]4O)[C@@H](O)C(O)O[C@@H]3CO)[C@@H]2O)[C@H](O)[C@H]1O. The molecule has 0 spiro atoms. The first-order chi connectivity index (χ1) is 24.7. The Bertz CT molecular complexity index is 1110. The lowest BCUT2D eigenvalue weighted by molar-refractivity contribution is -0.392. The van der Waals surface area contributed by atoms with Crippen LogP contribution in [-0.4, -0.2) is 251 Å². The van der Waals surface area contributed by atoms with Crippen molar-refractivity contribution in [2.75, 3.05) is 33.0 Å². The molecule has 52 heavy (non-hydrogen) atoms. The molecule has 0 aromatic rings. The Hall–Kier alpha value is -0.960. The predicted octanol–water partition coefficient (Wildman–Crippen LogP) is -10.6. The molecule has 5 saturated heterocycles. The van der Waals surface area contributed by atoms with E-state index in [1.54, 1.807) is 0 Å². The highest BCUT2D eigenvalue weighted by molar-refractivity contribution is 4.98. The van der Waals surface area contributed by atoms with Crippen molar-refractivity contribution in [2.24, 2.45) is 0 Å². The average molecular weight is 769 g/mol. The molecule has 5 aliphatic rings. The lowest BCUT2D eigenvalue weighted by atomic mass is 9.95. The molecule has 5 heterocycles. The minimum Gasteiger partial charge on any atom is -0.394 e. The summed E-state index contributed by atoms with van der Waals surface area (Å²) in [5.41, 5.74) is 0. The van der Waals surface area contributed by atoms with Crippen LogP contribution in [0, 0.1) is 0 Å². The molecule has 0 aromatic carbocycles. The first-order valence-electron chi connectivity index (χ1n) is 16.4. The van der Waals surface area contributed by atoms with Crippen molar-refractivity contribution < 1.29 is 119 Å². The maximum atomic E-state index is 11.2. The van der Waals surface area contributed by atoms with Gasteiger partial charge in [0, 0.05) is 0 Å². The Kier molecular flexibility index (Phi) is 14.5. The maximum absolute atomic E-state index is 11.2. The molecule has 5 rings (SSSR count). The van der Waals surface area contributed by atoms with Crippen molar-refractivity contribution in [3.63, 3.8) is 0 Å². The van der Waals surface area contributed by atoms with Crippen LogP contribution in [-0.2, 0) is 42.6 Å². The van der Waals surface area contributed by atoms with E-state index in [2.05, 4.69) is 0 Å². The predicted molar refractivity (Wildman–Crippen MR) is 155 cm³/mol. The van der Waals surface area contributed by atoms with Gasteiger partial charge in [-0.25, -0.2) is 0 Å². The largest absolute Gasteiger partial charge is 0.394 e. The van der Waals surface area contributed by atoms with Crippen LogP contribution in [0.3, 0.4) is 0 Å². The number of aliphatic hydroxyl groups is 15. The van der Waals surface area contributed by atoms with E-state index in [1.807, 2.05) is 0 Å². The third-order valence-corrected chi connectivity index (χ3v) is 9.57. The third kappa shape index (κ3) is 8.41. The van der Waals surface area contributed by atoms with Gasteiger partial charge in [-0.3, -0.25) is 0 Å². The Morgan fingerprint density at radius 1 is 0.365 bits per heavy atom. The fourth-order valence-corrected chi connectivity index (χ4v) is 6.54. The van der Waals surface area contributed by atoms with Crippen LogP contribution in [0.5, 0.6) is 0 Å². The van der Waals surface area contributed by atoms with E-state index in [0.29, 0.717) is 0 Å². The van der Waals surface area contributed by atoms with Crippen molar-refractivity contribution in [2.45, 2.75) is 141 Å². The molecule has 304 valence electrons. The van der Waals surface area contributed by atoms with Crippen LogP contribution in [0.2, 0.25) is 0 Å². The van der Waals surface area contributed by atoms with Crippen molar-refractivity contribution in [1.82, 2.24) is 0 Å². The first kappa shape index (κ1) is 42.2. The van der Waals surface area contributed by atoms with E-state index in [-0.39, 0.29) is 0 Å². The second-order valence-corrected chi connectivity index (χ2v) is 13.0. The van der Waals surface area contributed by atoms with Gasteiger partial charge in [0.2, 0.25) is 0 Å². The van der Waals surface area contributed by atoms with Crippen molar-refractivity contribution in [1.29, 1.82) is 0 Å². The summed E-state index contributed by atoms with van der Waals surface area (Å²) in [7, 11) is 0. The zero-order valence-electron chi connectivity index (χ0n) is 27.2. The molecule has 0 aromatic heterocycles. The summed E-state index contributed by atoms with van der Waals surface area (Å²) in [6.45, 7) is -3.95. The Morgan fingerprint density at radius 3 is 1.35 bits per heavy atom. The smallest absolute Gasteiger partial charge is 0.187 e. The number of rotatable bonds is 12. The second kappa shape index (κ2) is 17.9. The van der Waals surface area contributed by atoms with E-state index in [1.165, 1.54) is 0 Å². The molecule has 24 heteroatoms. The van der Waals surface area contributed by atoms with E-state index < -0.39 is 174 Å². The molecule has 0 radical (unpaired) electrons. The third-order valence-electron chi connectivity index (χ3n) is 9.57. The minimum absolute atomic E-state index is 0.577. The molecular formula is C28H48O24. The highest BCUT2D eigenvalue weighted by Crippen LogP contribution is 2.35. The minimum atomic E-state index is -2.09. The maximum Gasteiger partial charge on any atom is 0.187 e. The molecule has 5 aliphatic heterocycles. The molecule has 0 aliphatic carbocycles. The van der Waals surface area contributed by atoms with Gasteiger partial charge in [0.25, 0.3) is 0 Å². The molecule has 0 bridgehead atoms. The van der Waals surface area contributed by atoms with Crippen molar-refractivity contribution in [3.8, 4) is 0 Å². The van der Waals surface area contributed by atoms with Gasteiger partial charge >= 0.3 is 0 Å². The van der Waals surface area contributed by atoms with Crippen LogP contribution in [0.1, 0.15) is 0 Å². The van der Waals surface area contributed by atoms with Crippen molar-refractivity contribution >= 4 is 0 Å². The number of aliphatic hydroxyl groups excluding tert-OH is 15. The second-order valence-electron chi connectivity index (χ2n) is 13.0. The standard InChI is InChI=1S/C28H48O24/c29-1-7-11(34)14(37)16(39)27(46-7)51-22-13(36)9(3-31)48-28(19(22)42)52-23-17(40)24(43)45-10(4-32)21(23)50-25-18(41)20(6(33)5-44-25)49-26-15(38)12(35)8(2-30)47-26/h6-43H,1-5H2/t6-,7+,8-,9+,10+,11-,12-,13-,14-,15+,16+,17+,18+,19+,20-,21-,22-,23+,24?,25?,26?,27?,28?/m0/s1. The summed E-state index contributed by atoms with van der Waals surface area (Å²) < 4.78 is 49.4. The fraction of sp³-hybridized carbons (Fsp3) is 1.00. The Labute approximate surface area is 293 Å². The number of hydrogen-bond acceptors (Lipinski definition) is 24. The van der Waals surface area contributed by atoms with E-state index >= 15 is 0 Å². The summed E-state index contributed by atoms with van der Waals surface area (Å²) in [6, 6.07) is 0. The zero-order valence-corrected chi connectivity index (χ0v) is 27.2. The van der Waals surface area contributed by atoms with Gasteiger partial charge < -0.3 is 119 Å². The molecule has 15 N–H and O–H groups in total. The molecule has 0 amide bonds. The summed E-state index contributed by atoms with van der Waals surface area (Å²) in [5, 5.41) is 155. The van der Waals surface area contributed by atoms with Crippen molar-refractivity contribution in [3.05, 3.63) is 0 Å². The average Bonchev–Trinajstić information content (AvgIpc) is 3.40. The number of ether oxygens (including phenoxy) is 9. The van der Waals surface area contributed by atoms with E-state index in [0.717, 1.165) is 0 Å². The first-order valence-corrected chi connectivity index (χ1v) is 16.4. The summed E-state index contributed by atoms with van der Waals surface area (Å²) in [5.74, 6) is 0. The van der Waals surface area contributed by atoms with Crippen LogP contribution in [0.25, 0.3) is 0 Å². The van der Waals surface area contributed by atoms with Gasteiger partial charge in [-0.15, -0.1) is 0 Å². The van der Waals surface area contributed by atoms with Gasteiger partial charge in [0.05, 0.1) is 33.0 Å². The van der Waals surface area contributed by atoms with Crippen LogP contribution >= 0.6 is 0 Å². The molecule has 5 fully saturated rings. The lowest BCUT2D eigenvalue weighted by Crippen LogP contribution is -2.67. The van der Waals surface area contributed by atoms with Gasteiger partial charge in [-0.1, -0.05) is 0 Å². The quantitative estimate of drug-likeness (QED) is 0.0876. The highest BCUT2D eigenvalue weighted by Gasteiger charge is 2.56. The summed E-state index contributed by atoms with van der Waals surface area (Å²) in [6.07, 6.45) is -40.8. The van der Waals surface area contributed by atoms with Gasteiger partial charge in [-0.05, 0) is 0 Å². The monoisotopic (exact) mass is 768 g/mol. The van der Waals surface area contributed by atoms with Crippen LogP contribution < -0.4 is 0 Å². The fourth-order valence-electron chi connectivity index (χ4n) is 6.54. The topological polar surface area (TPSA) is 387 Å². The molecule has 5 unspecified atom stereocenters. The normalized spacial score (nSPS) is 53.2. The zero-order chi connectivity index (χ0) is 38.2. The summed E-state index contributed by atoms with van der Waals surface area (Å²) >= 11 is 0. The molecule has 0 saturated carbocycles.